The number of hydrogen-bond donors (Lipinski definition) is 3. The number of hydrogen-bond acceptors (Lipinski definition) is 5. The lowest BCUT2D eigenvalue weighted by Gasteiger charge is -2.37. The quantitative estimate of drug-likeness (QED) is 0.440. The molecule has 2 rings (SSSR count). The maximum Gasteiger partial charge on any atom is 0.221 e. The van der Waals surface area contributed by atoms with Crippen molar-refractivity contribution in [3.8, 4) is 0 Å². The van der Waals surface area contributed by atoms with Gasteiger partial charge in [0.2, 0.25) is 5.79 Å². The largest absolute Gasteiger partial charge is 0.391 e. The molecule has 2 aliphatic heterocycles. The predicted molar refractivity (Wildman–Crippen MR) is 37.3 cm³/mol. The highest BCUT2D eigenvalue weighted by molar-refractivity contribution is 4.95. The first-order chi connectivity index (χ1) is 5.68. The minimum absolute atomic E-state index is 0.199. The molecule has 0 saturated carbocycles. The Balaban J connectivity index is 2.21. The fourth-order valence-corrected chi connectivity index (χ4v) is 1.72. The van der Waals surface area contributed by atoms with Crippen molar-refractivity contribution in [3.63, 3.8) is 0 Å². The Morgan fingerprint density at radius 2 is 2.17 bits per heavy atom. The van der Waals surface area contributed by atoms with Gasteiger partial charge in [-0.3, -0.25) is 0 Å². The summed E-state index contributed by atoms with van der Waals surface area (Å²) in [6.07, 6.45) is -1.85. The lowest BCUT2D eigenvalue weighted by atomic mass is 9.98. The zero-order valence-corrected chi connectivity index (χ0v) is 6.51. The second-order valence-electron chi connectivity index (χ2n) is 3.27. The molecule has 5 heteroatoms. The Kier molecular flexibility index (Phi) is 1.85. The SMILES string of the molecule is OCC12OCC(CC(O)C1O)O2. The van der Waals surface area contributed by atoms with Gasteiger partial charge in [-0.2, -0.15) is 0 Å². The molecular formula is C7H12O5. The minimum Gasteiger partial charge on any atom is -0.391 e. The van der Waals surface area contributed by atoms with Gasteiger partial charge in [0.1, 0.15) is 12.7 Å². The summed E-state index contributed by atoms with van der Waals surface area (Å²) in [5.74, 6) is -1.37. The molecule has 0 radical (unpaired) electrons. The van der Waals surface area contributed by atoms with Gasteiger partial charge >= 0.3 is 0 Å². The van der Waals surface area contributed by atoms with E-state index in [1.807, 2.05) is 0 Å². The number of aliphatic hydroxyl groups excluding tert-OH is 3. The molecule has 0 aromatic rings. The Morgan fingerprint density at radius 3 is 2.83 bits per heavy atom. The molecule has 4 unspecified atom stereocenters. The Hall–Kier alpha value is -0.200. The van der Waals surface area contributed by atoms with E-state index < -0.39 is 24.6 Å². The second kappa shape index (κ2) is 2.65. The molecule has 3 N–H and O–H groups in total. The lowest BCUT2D eigenvalue weighted by molar-refractivity contribution is -0.285. The summed E-state index contributed by atoms with van der Waals surface area (Å²) >= 11 is 0. The summed E-state index contributed by atoms with van der Waals surface area (Å²) < 4.78 is 10.3. The van der Waals surface area contributed by atoms with Crippen molar-refractivity contribution in [3.05, 3.63) is 0 Å². The molecule has 0 spiro atoms. The van der Waals surface area contributed by atoms with Crippen LogP contribution in [0.2, 0.25) is 0 Å². The average molecular weight is 176 g/mol. The van der Waals surface area contributed by atoms with Crippen LogP contribution in [0.4, 0.5) is 0 Å². The first kappa shape index (κ1) is 8.40. The van der Waals surface area contributed by atoms with E-state index in [1.54, 1.807) is 0 Å². The zero-order chi connectivity index (χ0) is 8.77. The molecule has 5 nitrogen and oxygen atoms in total. The Morgan fingerprint density at radius 1 is 1.42 bits per heavy atom. The fraction of sp³-hybridized carbons (Fsp3) is 1.00. The smallest absolute Gasteiger partial charge is 0.221 e. The van der Waals surface area contributed by atoms with E-state index in [0.29, 0.717) is 13.0 Å². The van der Waals surface area contributed by atoms with Crippen LogP contribution in [0.15, 0.2) is 0 Å². The molecule has 0 aromatic heterocycles. The molecule has 2 heterocycles. The van der Waals surface area contributed by atoms with Crippen molar-refractivity contribution in [2.24, 2.45) is 0 Å². The molecule has 0 amide bonds. The number of rotatable bonds is 1. The van der Waals surface area contributed by atoms with Crippen molar-refractivity contribution in [2.45, 2.75) is 30.5 Å². The number of ether oxygens (including phenoxy) is 2. The summed E-state index contributed by atoms with van der Waals surface area (Å²) in [6, 6.07) is 0. The lowest BCUT2D eigenvalue weighted by Crippen LogP contribution is -2.56. The molecule has 4 atom stereocenters. The molecule has 2 aliphatic rings. The first-order valence-corrected chi connectivity index (χ1v) is 3.97. The van der Waals surface area contributed by atoms with Crippen LogP contribution in [-0.2, 0) is 9.47 Å². The molecule has 12 heavy (non-hydrogen) atoms. The van der Waals surface area contributed by atoms with Gasteiger partial charge < -0.3 is 24.8 Å². The molecule has 0 aliphatic carbocycles. The number of fused-ring (bicyclic) bond motifs is 2. The van der Waals surface area contributed by atoms with Crippen LogP contribution >= 0.6 is 0 Å². The molecule has 2 fully saturated rings. The van der Waals surface area contributed by atoms with E-state index in [4.69, 9.17) is 14.6 Å². The van der Waals surface area contributed by atoms with Gasteiger partial charge in [-0.15, -0.1) is 0 Å². The second-order valence-corrected chi connectivity index (χ2v) is 3.27. The standard InChI is InChI=1S/C7H12O5/c8-3-7-6(10)5(9)1-4(12-7)2-11-7/h4-6,8-10H,1-3H2. The Labute approximate surface area is 69.5 Å². The van der Waals surface area contributed by atoms with Gasteiger partial charge in [0.25, 0.3) is 0 Å². The topological polar surface area (TPSA) is 79.2 Å². The van der Waals surface area contributed by atoms with Crippen LogP contribution in [0.1, 0.15) is 6.42 Å². The van der Waals surface area contributed by atoms with Crippen molar-refractivity contribution < 1.29 is 24.8 Å². The highest BCUT2D eigenvalue weighted by Gasteiger charge is 2.54. The predicted octanol–water partition coefficient (Wildman–Crippen LogP) is -1.78. The average Bonchev–Trinajstić information content (AvgIpc) is 2.43. The maximum atomic E-state index is 9.45. The maximum absolute atomic E-state index is 9.45. The van der Waals surface area contributed by atoms with E-state index >= 15 is 0 Å². The van der Waals surface area contributed by atoms with E-state index in [1.165, 1.54) is 0 Å². The van der Waals surface area contributed by atoms with Gasteiger partial charge in [-0.05, 0) is 0 Å². The van der Waals surface area contributed by atoms with Crippen LogP contribution in [0, 0.1) is 0 Å². The van der Waals surface area contributed by atoms with Gasteiger partial charge in [0.05, 0.1) is 18.8 Å². The van der Waals surface area contributed by atoms with E-state index in [0.717, 1.165) is 0 Å². The summed E-state index contributed by atoms with van der Waals surface area (Å²) in [6.45, 7) is -0.101. The molecule has 2 saturated heterocycles. The van der Waals surface area contributed by atoms with Crippen molar-refractivity contribution >= 4 is 0 Å². The monoisotopic (exact) mass is 176 g/mol. The molecule has 2 bridgehead atoms. The van der Waals surface area contributed by atoms with Crippen LogP contribution in [-0.4, -0.2) is 52.6 Å². The van der Waals surface area contributed by atoms with E-state index in [2.05, 4.69) is 0 Å². The molecule has 0 aromatic carbocycles. The minimum atomic E-state index is -1.37. The van der Waals surface area contributed by atoms with E-state index in [-0.39, 0.29) is 6.10 Å². The molecular weight excluding hydrogens is 164 g/mol. The van der Waals surface area contributed by atoms with Gasteiger partial charge in [-0.25, -0.2) is 0 Å². The van der Waals surface area contributed by atoms with Crippen molar-refractivity contribution in [1.82, 2.24) is 0 Å². The fourth-order valence-electron chi connectivity index (χ4n) is 1.72. The van der Waals surface area contributed by atoms with Crippen molar-refractivity contribution in [1.29, 1.82) is 0 Å². The highest BCUT2D eigenvalue weighted by Crippen LogP contribution is 2.36. The Bertz CT molecular complexity index is 185. The number of aliphatic hydroxyl groups is 3. The molecule has 70 valence electrons. The van der Waals surface area contributed by atoms with Gasteiger partial charge in [-0.1, -0.05) is 0 Å². The van der Waals surface area contributed by atoms with Crippen LogP contribution < -0.4 is 0 Å². The normalized spacial score (nSPS) is 52.8. The summed E-state index contributed by atoms with van der Waals surface area (Å²) in [7, 11) is 0. The van der Waals surface area contributed by atoms with Crippen LogP contribution in [0.5, 0.6) is 0 Å². The van der Waals surface area contributed by atoms with Crippen LogP contribution in [0.25, 0.3) is 0 Å². The van der Waals surface area contributed by atoms with Crippen LogP contribution in [0.3, 0.4) is 0 Å². The third-order valence-electron chi connectivity index (χ3n) is 2.42. The third kappa shape index (κ3) is 0.982. The highest BCUT2D eigenvalue weighted by atomic mass is 16.8. The first-order valence-electron chi connectivity index (χ1n) is 3.97. The van der Waals surface area contributed by atoms with Gasteiger partial charge in [0, 0.05) is 6.42 Å². The zero-order valence-electron chi connectivity index (χ0n) is 6.51. The third-order valence-corrected chi connectivity index (χ3v) is 2.42. The van der Waals surface area contributed by atoms with Gasteiger partial charge in [0.15, 0.2) is 0 Å². The summed E-state index contributed by atoms with van der Waals surface area (Å²) in [5, 5.41) is 27.7. The summed E-state index contributed by atoms with van der Waals surface area (Å²) in [5.41, 5.74) is 0. The van der Waals surface area contributed by atoms with Crippen molar-refractivity contribution in [2.75, 3.05) is 13.2 Å². The summed E-state index contributed by atoms with van der Waals surface area (Å²) in [4.78, 5) is 0. The van der Waals surface area contributed by atoms with E-state index in [9.17, 15) is 10.2 Å².